The highest BCUT2D eigenvalue weighted by Crippen LogP contribution is 2.23. The number of hydrogen-bond donors (Lipinski definition) is 3. The Hall–Kier alpha value is -2.08. The number of allylic oxidation sites excluding steroid dienone is 1. The van der Waals surface area contributed by atoms with Crippen LogP contribution < -0.4 is 10.6 Å². The summed E-state index contributed by atoms with van der Waals surface area (Å²) in [5, 5.41) is 15.3. The van der Waals surface area contributed by atoms with E-state index in [0.29, 0.717) is 18.7 Å². The van der Waals surface area contributed by atoms with Crippen molar-refractivity contribution >= 4 is 11.8 Å². The van der Waals surface area contributed by atoms with Crippen LogP contribution in [-0.2, 0) is 9.59 Å². The van der Waals surface area contributed by atoms with Crippen LogP contribution in [0.15, 0.2) is 22.1 Å². The molecular formula is C19H28N2O4. The SMILES string of the molecule is Cc1cc([C@@H](O)CCNC(=O)C(=O)NCCC2=CCCCC2)c(C)o1. The molecule has 0 saturated carbocycles. The van der Waals surface area contributed by atoms with Gasteiger partial charge in [-0.15, -0.1) is 0 Å². The Labute approximate surface area is 148 Å². The molecule has 25 heavy (non-hydrogen) atoms. The van der Waals surface area contributed by atoms with Gasteiger partial charge in [-0.2, -0.15) is 0 Å². The van der Waals surface area contributed by atoms with E-state index in [9.17, 15) is 14.7 Å². The van der Waals surface area contributed by atoms with Crippen molar-refractivity contribution < 1.29 is 19.1 Å². The first-order chi connectivity index (χ1) is 12.0. The second-order valence-electron chi connectivity index (χ2n) is 6.54. The van der Waals surface area contributed by atoms with Gasteiger partial charge in [0, 0.05) is 18.7 Å². The molecule has 0 fully saturated rings. The van der Waals surface area contributed by atoms with Crippen molar-refractivity contribution in [3.63, 3.8) is 0 Å². The minimum Gasteiger partial charge on any atom is -0.466 e. The van der Waals surface area contributed by atoms with Crippen LogP contribution in [0, 0.1) is 13.8 Å². The first-order valence-corrected chi connectivity index (χ1v) is 8.96. The van der Waals surface area contributed by atoms with Gasteiger partial charge in [-0.3, -0.25) is 9.59 Å². The predicted molar refractivity (Wildman–Crippen MR) is 94.9 cm³/mol. The van der Waals surface area contributed by atoms with Crippen LogP contribution in [0.5, 0.6) is 0 Å². The van der Waals surface area contributed by atoms with Gasteiger partial charge in [-0.25, -0.2) is 0 Å². The Bertz CT molecular complexity index is 633. The zero-order valence-electron chi connectivity index (χ0n) is 15.1. The predicted octanol–water partition coefficient (Wildman–Crippen LogP) is 2.44. The van der Waals surface area contributed by atoms with Gasteiger partial charge in [0.25, 0.3) is 0 Å². The van der Waals surface area contributed by atoms with Crippen molar-refractivity contribution in [3.05, 3.63) is 34.8 Å². The summed E-state index contributed by atoms with van der Waals surface area (Å²) >= 11 is 0. The van der Waals surface area contributed by atoms with Crippen LogP contribution in [0.1, 0.15) is 61.7 Å². The maximum absolute atomic E-state index is 11.8. The first kappa shape index (κ1) is 19.2. The summed E-state index contributed by atoms with van der Waals surface area (Å²) in [7, 11) is 0. The molecule has 0 bridgehead atoms. The molecule has 1 atom stereocenters. The average Bonchev–Trinajstić information content (AvgIpc) is 2.94. The second-order valence-corrected chi connectivity index (χ2v) is 6.54. The summed E-state index contributed by atoms with van der Waals surface area (Å²) in [4.78, 5) is 23.5. The molecule has 0 unspecified atom stereocenters. The number of furan rings is 1. The van der Waals surface area contributed by atoms with Gasteiger partial charge in [0.15, 0.2) is 0 Å². The van der Waals surface area contributed by atoms with E-state index in [-0.39, 0.29) is 6.54 Å². The number of nitrogens with one attached hydrogen (secondary N) is 2. The molecule has 138 valence electrons. The molecule has 6 heteroatoms. The van der Waals surface area contributed by atoms with Gasteiger partial charge < -0.3 is 20.2 Å². The Balaban J connectivity index is 1.64. The standard InChI is InChI=1S/C19H28N2O4/c1-13-12-16(14(2)25-13)17(22)9-11-21-19(24)18(23)20-10-8-15-6-4-3-5-7-15/h6,12,17,22H,3-5,7-11H2,1-2H3,(H,20,23)(H,21,24)/t17-/m0/s1. The van der Waals surface area contributed by atoms with Crippen molar-refractivity contribution in [1.82, 2.24) is 10.6 Å². The van der Waals surface area contributed by atoms with Crippen LogP contribution in [0.25, 0.3) is 0 Å². The van der Waals surface area contributed by atoms with Crippen LogP contribution in [0.3, 0.4) is 0 Å². The molecule has 0 aliphatic heterocycles. The van der Waals surface area contributed by atoms with Gasteiger partial charge in [-0.05, 0) is 58.4 Å². The van der Waals surface area contributed by atoms with Crippen LogP contribution in [0.4, 0.5) is 0 Å². The fraction of sp³-hybridized carbons (Fsp3) is 0.579. The van der Waals surface area contributed by atoms with Gasteiger partial charge in [0.2, 0.25) is 0 Å². The van der Waals surface area contributed by atoms with E-state index in [1.54, 1.807) is 13.0 Å². The van der Waals surface area contributed by atoms with Crippen LogP contribution in [0.2, 0.25) is 0 Å². The molecule has 1 aliphatic carbocycles. The normalized spacial score (nSPS) is 15.4. The molecular weight excluding hydrogens is 320 g/mol. The number of aliphatic hydroxyl groups excluding tert-OH is 1. The maximum atomic E-state index is 11.8. The quantitative estimate of drug-likeness (QED) is 0.521. The Morgan fingerprint density at radius 1 is 1.20 bits per heavy atom. The third-order valence-electron chi connectivity index (χ3n) is 4.46. The zero-order chi connectivity index (χ0) is 18.2. The lowest BCUT2D eigenvalue weighted by Crippen LogP contribution is -2.40. The van der Waals surface area contributed by atoms with E-state index >= 15 is 0 Å². The van der Waals surface area contributed by atoms with E-state index in [1.807, 2.05) is 6.92 Å². The highest BCUT2D eigenvalue weighted by atomic mass is 16.3. The van der Waals surface area contributed by atoms with E-state index in [2.05, 4.69) is 16.7 Å². The minimum absolute atomic E-state index is 0.224. The number of amides is 2. The fourth-order valence-corrected chi connectivity index (χ4v) is 3.09. The fourth-order valence-electron chi connectivity index (χ4n) is 3.09. The Morgan fingerprint density at radius 3 is 2.52 bits per heavy atom. The van der Waals surface area contributed by atoms with Gasteiger partial charge >= 0.3 is 11.8 Å². The molecule has 1 aromatic rings. The summed E-state index contributed by atoms with van der Waals surface area (Å²) in [6, 6.07) is 1.79. The van der Waals surface area contributed by atoms with E-state index in [4.69, 9.17) is 4.42 Å². The van der Waals surface area contributed by atoms with Crippen molar-refractivity contribution in [2.24, 2.45) is 0 Å². The monoisotopic (exact) mass is 348 g/mol. The molecule has 2 rings (SSSR count). The average molecular weight is 348 g/mol. The topological polar surface area (TPSA) is 91.6 Å². The summed E-state index contributed by atoms with van der Waals surface area (Å²) < 4.78 is 5.38. The molecule has 6 nitrogen and oxygen atoms in total. The number of aliphatic hydroxyl groups is 1. The second kappa shape index (κ2) is 9.42. The van der Waals surface area contributed by atoms with Crippen molar-refractivity contribution in [2.75, 3.05) is 13.1 Å². The number of aryl methyl sites for hydroxylation is 2. The van der Waals surface area contributed by atoms with Crippen LogP contribution >= 0.6 is 0 Å². The van der Waals surface area contributed by atoms with Gasteiger partial charge in [0.1, 0.15) is 11.5 Å². The highest BCUT2D eigenvalue weighted by Gasteiger charge is 2.17. The van der Waals surface area contributed by atoms with Crippen molar-refractivity contribution in [2.45, 2.75) is 58.5 Å². The number of rotatable bonds is 7. The maximum Gasteiger partial charge on any atom is 0.309 e. The summed E-state index contributed by atoms with van der Waals surface area (Å²) in [6.45, 7) is 4.31. The Morgan fingerprint density at radius 2 is 1.92 bits per heavy atom. The molecule has 1 heterocycles. The Kier molecular flexibility index (Phi) is 7.25. The molecule has 1 aromatic heterocycles. The van der Waals surface area contributed by atoms with Gasteiger partial charge in [0.05, 0.1) is 6.10 Å². The number of hydrogen-bond acceptors (Lipinski definition) is 4. The number of carbonyl (C=O) groups excluding carboxylic acids is 2. The molecule has 2 amide bonds. The highest BCUT2D eigenvalue weighted by molar-refractivity contribution is 6.35. The van der Waals surface area contributed by atoms with Crippen molar-refractivity contribution in [3.8, 4) is 0 Å². The van der Waals surface area contributed by atoms with Gasteiger partial charge in [-0.1, -0.05) is 11.6 Å². The lowest BCUT2D eigenvalue weighted by atomic mass is 9.97. The molecule has 3 N–H and O–H groups in total. The first-order valence-electron chi connectivity index (χ1n) is 8.96. The molecule has 0 saturated heterocycles. The minimum atomic E-state index is -0.723. The third-order valence-corrected chi connectivity index (χ3v) is 4.46. The smallest absolute Gasteiger partial charge is 0.309 e. The lowest BCUT2D eigenvalue weighted by molar-refractivity contribution is -0.139. The van der Waals surface area contributed by atoms with Crippen LogP contribution in [-0.4, -0.2) is 30.0 Å². The molecule has 0 radical (unpaired) electrons. The molecule has 1 aliphatic rings. The van der Waals surface area contributed by atoms with E-state index in [0.717, 1.165) is 30.6 Å². The zero-order valence-corrected chi connectivity index (χ0v) is 15.1. The number of carbonyl (C=O) groups is 2. The van der Waals surface area contributed by atoms with E-state index in [1.165, 1.54) is 18.4 Å². The summed E-state index contributed by atoms with van der Waals surface area (Å²) in [6.07, 6.45) is 7.28. The van der Waals surface area contributed by atoms with Crippen molar-refractivity contribution in [1.29, 1.82) is 0 Å². The lowest BCUT2D eigenvalue weighted by Gasteiger charge is -2.13. The molecule has 0 aromatic carbocycles. The molecule has 0 spiro atoms. The largest absolute Gasteiger partial charge is 0.466 e. The summed E-state index contributed by atoms with van der Waals surface area (Å²) in [5.41, 5.74) is 2.08. The third kappa shape index (κ3) is 6.05. The summed E-state index contributed by atoms with van der Waals surface area (Å²) in [5.74, 6) is 0.125. The van der Waals surface area contributed by atoms with E-state index < -0.39 is 17.9 Å².